The summed E-state index contributed by atoms with van der Waals surface area (Å²) in [5, 5.41) is 10.1. The molecule has 0 aliphatic rings. The highest BCUT2D eigenvalue weighted by atomic mass is 16.6. The van der Waals surface area contributed by atoms with Crippen molar-refractivity contribution in [3.63, 3.8) is 0 Å². The number of nitrogen functional groups attached to an aromatic ring is 1. The summed E-state index contributed by atoms with van der Waals surface area (Å²) >= 11 is 0. The van der Waals surface area contributed by atoms with E-state index in [9.17, 15) is 10.1 Å². The largest absolute Gasteiger partial charge is 0.357 e. The predicted molar refractivity (Wildman–Crippen MR) is 34.1 cm³/mol. The van der Waals surface area contributed by atoms with Crippen LogP contribution in [0.15, 0.2) is 18.3 Å². The van der Waals surface area contributed by atoms with Gasteiger partial charge >= 0.3 is 11.5 Å². The van der Waals surface area contributed by atoms with E-state index in [4.69, 9.17) is 5.73 Å². The van der Waals surface area contributed by atoms with Crippen LogP contribution in [0.1, 0.15) is 0 Å². The van der Waals surface area contributed by atoms with Crippen molar-refractivity contribution in [2.75, 3.05) is 5.73 Å². The molecule has 1 rings (SSSR count). The van der Waals surface area contributed by atoms with Gasteiger partial charge in [-0.05, 0) is 6.07 Å². The van der Waals surface area contributed by atoms with Crippen molar-refractivity contribution in [1.82, 2.24) is 0 Å². The van der Waals surface area contributed by atoms with Gasteiger partial charge in [0.15, 0.2) is 0 Å². The molecule has 0 aliphatic carbocycles. The summed E-state index contributed by atoms with van der Waals surface area (Å²) in [6.07, 6.45) is 1.53. The van der Waals surface area contributed by atoms with Crippen molar-refractivity contribution >= 4 is 11.5 Å². The zero-order chi connectivity index (χ0) is 7.56. The zero-order valence-electron chi connectivity index (χ0n) is 5.07. The second-order valence-corrected chi connectivity index (χ2v) is 1.73. The van der Waals surface area contributed by atoms with Gasteiger partial charge < -0.3 is 0 Å². The van der Waals surface area contributed by atoms with E-state index >= 15 is 0 Å². The Morgan fingerprint density at radius 2 is 2.40 bits per heavy atom. The predicted octanol–water partition coefficient (Wildman–Crippen LogP) is -0.00890. The number of hydrogen-bond acceptors (Lipinski definition) is 3. The molecule has 0 atom stereocenters. The van der Waals surface area contributed by atoms with Crippen LogP contribution in [0, 0.1) is 10.1 Å². The van der Waals surface area contributed by atoms with E-state index in [-0.39, 0.29) is 11.5 Å². The molecule has 0 aromatic carbocycles. The normalized spacial score (nSPS) is 9.20. The first-order chi connectivity index (χ1) is 4.72. The van der Waals surface area contributed by atoms with Crippen LogP contribution in [0.5, 0.6) is 0 Å². The quantitative estimate of drug-likeness (QED) is 0.440. The Bertz CT molecular complexity index is 261. The molecule has 1 aromatic heterocycles. The smallest absolute Gasteiger partial charge is 0.281 e. The molecule has 1 heterocycles. The van der Waals surface area contributed by atoms with Gasteiger partial charge in [0.05, 0.1) is 11.1 Å². The Balaban J connectivity index is 3.15. The fourth-order valence-electron chi connectivity index (χ4n) is 0.600. The first-order valence-electron chi connectivity index (χ1n) is 2.62. The third-order valence-corrected chi connectivity index (χ3v) is 1.06. The molecule has 10 heavy (non-hydrogen) atoms. The van der Waals surface area contributed by atoms with Crippen molar-refractivity contribution in [2.45, 2.75) is 0 Å². The summed E-state index contributed by atoms with van der Waals surface area (Å²) in [5.41, 5.74) is 5.13. The lowest BCUT2D eigenvalue weighted by molar-refractivity contribution is -0.409. The van der Waals surface area contributed by atoms with E-state index in [2.05, 4.69) is 4.98 Å². The fourth-order valence-corrected chi connectivity index (χ4v) is 0.600. The Hall–Kier alpha value is -1.65. The molecule has 0 spiro atoms. The van der Waals surface area contributed by atoms with E-state index in [1.165, 1.54) is 18.3 Å². The number of hydrogen-bond donors (Lipinski definition) is 1. The number of nitrogens with zero attached hydrogens (tertiary/aromatic N) is 1. The van der Waals surface area contributed by atoms with E-state index in [1.807, 2.05) is 0 Å². The third kappa shape index (κ3) is 1.02. The van der Waals surface area contributed by atoms with Gasteiger partial charge in [-0.25, -0.2) is 4.98 Å². The summed E-state index contributed by atoms with van der Waals surface area (Å²) in [6, 6.07) is 2.86. The number of nitrogens with two attached hydrogens (primary N) is 1. The molecule has 0 fully saturated rings. The molecule has 0 bridgehead atoms. The summed E-state index contributed by atoms with van der Waals surface area (Å²) < 4.78 is 0. The number of anilines is 1. The van der Waals surface area contributed by atoms with Gasteiger partial charge in [0, 0.05) is 6.07 Å². The highest BCUT2D eigenvalue weighted by molar-refractivity contribution is 5.46. The van der Waals surface area contributed by atoms with Gasteiger partial charge in [-0.1, -0.05) is 0 Å². The Morgan fingerprint density at radius 1 is 1.70 bits per heavy atom. The van der Waals surface area contributed by atoms with Gasteiger partial charge in [-0.15, -0.1) is 0 Å². The summed E-state index contributed by atoms with van der Waals surface area (Å²) in [4.78, 5) is 12.1. The van der Waals surface area contributed by atoms with E-state index < -0.39 is 4.92 Å². The van der Waals surface area contributed by atoms with Crippen LogP contribution in [-0.2, 0) is 0 Å². The number of pyridine rings is 1. The number of nitro groups is 1. The third-order valence-electron chi connectivity index (χ3n) is 1.06. The van der Waals surface area contributed by atoms with Crippen LogP contribution in [0.2, 0.25) is 0 Å². The summed E-state index contributed by atoms with van der Waals surface area (Å²) in [6.45, 7) is 0. The molecule has 3 N–H and O–H groups in total. The Labute approximate surface area is 56.6 Å². The minimum atomic E-state index is -0.536. The molecule has 0 amide bonds. The highest BCUT2D eigenvalue weighted by Crippen LogP contribution is 2.12. The molecule has 0 unspecified atom stereocenters. The molecular weight excluding hydrogens is 134 g/mol. The molecule has 5 heteroatoms. The number of nitrogens with one attached hydrogen (secondary N) is 1. The molecule has 1 aromatic rings. The van der Waals surface area contributed by atoms with Crippen LogP contribution in [0.25, 0.3) is 0 Å². The van der Waals surface area contributed by atoms with Crippen LogP contribution in [0.3, 0.4) is 0 Å². The molecule has 0 aliphatic heterocycles. The molecule has 52 valence electrons. The lowest BCUT2D eigenvalue weighted by Gasteiger charge is -1.87. The summed E-state index contributed by atoms with van der Waals surface area (Å²) in [5.74, 6) is 0.0764. The average Bonchev–Trinajstić information content (AvgIpc) is 1.88. The molecule has 0 radical (unpaired) electrons. The van der Waals surface area contributed by atoms with Gasteiger partial charge in [0.1, 0.15) is 0 Å². The van der Waals surface area contributed by atoms with Crippen LogP contribution < -0.4 is 10.7 Å². The second kappa shape index (κ2) is 2.30. The standard InChI is InChI=1S/C5H5N3O2/c6-5-4(8(9)10)2-1-3-7-5/h1-3H,(H2,6,7)/p+1. The molecular formula is C5H6N3O2+. The lowest BCUT2D eigenvalue weighted by Crippen LogP contribution is -2.11. The van der Waals surface area contributed by atoms with Crippen molar-refractivity contribution in [3.8, 4) is 0 Å². The van der Waals surface area contributed by atoms with Gasteiger partial charge in [0.2, 0.25) is 0 Å². The van der Waals surface area contributed by atoms with E-state index in [0.717, 1.165) is 0 Å². The molecule has 0 saturated heterocycles. The maximum absolute atomic E-state index is 10.1. The maximum atomic E-state index is 10.1. The van der Waals surface area contributed by atoms with Gasteiger partial charge in [0.25, 0.3) is 0 Å². The average molecular weight is 140 g/mol. The van der Waals surface area contributed by atoms with Crippen molar-refractivity contribution < 1.29 is 9.91 Å². The van der Waals surface area contributed by atoms with Crippen molar-refractivity contribution in [1.29, 1.82) is 0 Å². The number of rotatable bonds is 1. The van der Waals surface area contributed by atoms with Crippen LogP contribution in [-0.4, -0.2) is 4.92 Å². The van der Waals surface area contributed by atoms with E-state index in [1.54, 1.807) is 0 Å². The lowest BCUT2D eigenvalue weighted by atomic mass is 10.4. The minimum absolute atomic E-state index is 0.0764. The Kier molecular flexibility index (Phi) is 1.49. The van der Waals surface area contributed by atoms with Crippen molar-refractivity contribution in [3.05, 3.63) is 28.4 Å². The topological polar surface area (TPSA) is 83.3 Å². The SMILES string of the molecule is Nc1[nH+]cccc1[N+](=O)[O-]. The second-order valence-electron chi connectivity index (χ2n) is 1.73. The highest BCUT2D eigenvalue weighted by Gasteiger charge is 2.14. The first kappa shape index (κ1) is 6.47. The fraction of sp³-hybridized carbons (Fsp3) is 0. The van der Waals surface area contributed by atoms with Crippen molar-refractivity contribution in [2.24, 2.45) is 0 Å². The molecule has 0 saturated carbocycles. The van der Waals surface area contributed by atoms with Crippen LogP contribution >= 0.6 is 0 Å². The first-order valence-corrected chi connectivity index (χ1v) is 2.62. The van der Waals surface area contributed by atoms with Gasteiger partial charge in [-0.2, -0.15) is 0 Å². The van der Waals surface area contributed by atoms with E-state index in [0.29, 0.717) is 0 Å². The number of H-pyrrole nitrogens is 1. The monoisotopic (exact) mass is 140 g/mol. The minimum Gasteiger partial charge on any atom is -0.281 e. The maximum Gasteiger partial charge on any atom is 0.357 e. The number of aromatic nitrogens is 1. The molecule has 5 nitrogen and oxygen atoms in total. The van der Waals surface area contributed by atoms with Gasteiger partial charge in [-0.3, -0.25) is 15.8 Å². The number of aromatic amines is 1. The Morgan fingerprint density at radius 3 is 2.80 bits per heavy atom. The van der Waals surface area contributed by atoms with Crippen LogP contribution in [0.4, 0.5) is 11.5 Å². The summed E-state index contributed by atoms with van der Waals surface area (Å²) in [7, 11) is 0. The zero-order valence-corrected chi connectivity index (χ0v) is 5.07.